The normalized spacial score (nSPS) is 11.3. The molecule has 1 aromatic carbocycles. The third-order valence-electron chi connectivity index (χ3n) is 4.30. The number of benzene rings is 1. The zero-order valence-corrected chi connectivity index (χ0v) is 16.3. The van der Waals surface area contributed by atoms with Gasteiger partial charge < -0.3 is 15.4 Å². The Balaban J connectivity index is 1.71. The summed E-state index contributed by atoms with van der Waals surface area (Å²) in [5.41, 5.74) is 0.621. The lowest BCUT2D eigenvalue weighted by Gasteiger charge is -2.14. The van der Waals surface area contributed by atoms with Gasteiger partial charge in [-0.2, -0.15) is 13.2 Å². The number of carbonyl (C=O) groups excluding carboxylic acids is 1. The summed E-state index contributed by atoms with van der Waals surface area (Å²) >= 11 is 0. The Morgan fingerprint density at radius 3 is 2.73 bits per heavy atom. The van der Waals surface area contributed by atoms with E-state index in [-0.39, 0.29) is 19.0 Å². The molecule has 0 atom stereocenters. The number of nitrogens with one attached hydrogen (secondary N) is 2. The van der Waals surface area contributed by atoms with Crippen LogP contribution >= 0.6 is 0 Å². The van der Waals surface area contributed by atoms with Crippen molar-refractivity contribution in [2.24, 2.45) is 0 Å². The number of aromatic nitrogens is 2. The molecule has 2 amide bonds. The van der Waals surface area contributed by atoms with E-state index >= 15 is 0 Å². The molecule has 2 heterocycles. The summed E-state index contributed by atoms with van der Waals surface area (Å²) in [4.78, 5) is 20.2. The number of ether oxygens (including phenoxy) is 1. The van der Waals surface area contributed by atoms with Crippen LogP contribution in [0.25, 0.3) is 10.9 Å². The fourth-order valence-corrected chi connectivity index (χ4v) is 2.75. The molecule has 30 heavy (non-hydrogen) atoms. The molecule has 0 aliphatic heterocycles. The number of halogens is 3. The number of amides is 2. The topological polar surface area (TPSA) is 76.1 Å². The van der Waals surface area contributed by atoms with Gasteiger partial charge in [-0.15, -0.1) is 0 Å². The van der Waals surface area contributed by atoms with Crippen molar-refractivity contribution in [3.8, 4) is 5.88 Å². The fraction of sp³-hybridized carbons (Fsp3) is 0.286. The number of alkyl halides is 3. The van der Waals surface area contributed by atoms with Gasteiger partial charge in [0.15, 0.2) is 0 Å². The highest BCUT2D eigenvalue weighted by atomic mass is 19.4. The molecule has 9 heteroatoms. The average molecular weight is 418 g/mol. The van der Waals surface area contributed by atoms with E-state index < -0.39 is 17.9 Å². The molecule has 0 bridgehead atoms. The number of carbonyl (C=O) groups is 1. The summed E-state index contributed by atoms with van der Waals surface area (Å²) < 4.78 is 44.3. The molecule has 2 aromatic heterocycles. The maximum absolute atomic E-state index is 13.0. The Labute approximate surface area is 171 Å². The quantitative estimate of drug-likeness (QED) is 0.521. The lowest BCUT2D eigenvalue weighted by Crippen LogP contribution is -2.28. The minimum absolute atomic E-state index is 0.0402. The third kappa shape index (κ3) is 5.37. The van der Waals surface area contributed by atoms with Crippen molar-refractivity contribution in [1.82, 2.24) is 15.3 Å². The van der Waals surface area contributed by atoms with Gasteiger partial charge in [0.2, 0.25) is 5.88 Å². The van der Waals surface area contributed by atoms with Crippen molar-refractivity contribution >= 4 is 22.6 Å². The molecule has 2 N–H and O–H groups in total. The van der Waals surface area contributed by atoms with Gasteiger partial charge in [-0.25, -0.2) is 9.78 Å². The van der Waals surface area contributed by atoms with E-state index in [1.54, 1.807) is 24.4 Å². The molecule has 158 valence electrons. The van der Waals surface area contributed by atoms with E-state index in [1.807, 2.05) is 19.1 Å². The highest BCUT2D eigenvalue weighted by Gasteiger charge is 2.33. The van der Waals surface area contributed by atoms with Gasteiger partial charge in [0, 0.05) is 23.7 Å². The molecule has 0 unspecified atom stereocenters. The molecule has 3 aromatic rings. The molecule has 0 radical (unpaired) electrons. The molecule has 0 saturated carbocycles. The molecule has 0 aliphatic rings. The minimum Gasteiger partial charge on any atom is -0.477 e. The molecule has 0 spiro atoms. The Morgan fingerprint density at radius 1 is 1.13 bits per heavy atom. The molecule has 3 rings (SSSR count). The second kappa shape index (κ2) is 9.43. The van der Waals surface area contributed by atoms with Crippen molar-refractivity contribution in [2.45, 2.75) is 32.5 Å². The summed E-state index contributed by atoms with van der Waals surface area (Å²) in [6.45, 7) is 2.15. The number of unbranched alkanes of at least 4 members (excludes halogenated alkanes) is 1. The first-order valence-electron chi connectivity index (χ1n) is 9.47. The van der Waals surface area contributed by atoms with E-state index in [1.165, 1.54) is 6.07 Å². The van der Waals surface area contributed by atoms with Crippen LogP contribution in [0.2, 0.25) is 0 Å². The molecule has 0 aliphatic carbocycles. The number of nitrogens with zero attached hydrogens (tertiary/aromatic N) is 2. The van der Waals surface area contributed by atoms with E-state index in [0.717, 1.165) is 23.4 Å². The van der Waals surface area contributed by atoms with E-state index in [0.29, 0.717) is 17.7 Å². The largest absolute Gasteiger partial charge is 0.477 e. The SMILES string of the molecule is CCCCOc1nc(C(F)(F)F)ccc1CNC(=O)Nc1cccc2ncccc12. The second-order valence-electron chi connectivity index (χ2n) is 6.54. The minimum atomic E-state index is -4.57. The van der Waals surface area contributed by atoms with Crippen molar-refractivity contribution in [1.29, 1.82) is 0 Å². The zero-order valence-electron chi connectivity index (χ0n) is 16.3. The first-order valence-corrected chi connectivity index (χ1v) is 9.47. The summed E-state index contributed by atoms with van der Waals surface area (Å²) in [6.07, 6.45) is -1.41. The first kappa shape index (κ1) is 21.4. The number of anilines is 1. The number of fused-ring (bicyclic) bond motifs is 1. The zero-order chi connectivity index (χ0) is 21.6. The van der Waals surface area contributed by atoms with Gasteiger partial charge in [-0.1, -0.05) is 19.4 Å². The second-order valence-corrected chi connectivity index (χ2v) is 6.54. The predicted octanol–water partition coefficient (Wildman–Crippen LogP) is 5.15. The van der Waals surface area contributed by atoms with Gasteiger partial charge in [0.05, 0.1) is 17.8 Å². The third-order valence-corrected chi connectivity index (χ3v) is 4.30. The summed E-state index contributed by atoms with van der Waals surface area (Å²) in [5.74, 6) is -0.132. The van der Waals surface area contributed by atoms with Crippen LogP contribution < -0.4 is 15.4 Å². The Bertz CT molecular complexity index is 1020. The molecule has 0 saturated heterocycles. The van der Waals surface area contributed by atoms with E-state index in [2.05, 4.69) is 20.6 Å². The van der Waals surface area contributed by atoms with Crippen LogP contribution in [-0.2, 0) is 12.7 Å². The Morgan fingerprint density at radius 2 is 1.97 bits per heavy atom. The van der Waals surface area contributed by atoms with Crippen LogP contribution in [0.1, 0.15) is 31.0 Å². The fourth-order valence-electron chi connectivity index (χ4n) is 2.75. The maximum atomic E-state index is 13.0. The van der Waals surface area contributed by atoms with Crippen molar-refractivity contribution in [3.05, 3.63) is 59.9 Å². The highest BCUT2D eigenvalue weighted by molar-refractivity contribution is 6.00. The number of hydrogen-bond acceptors (Lipinski definition) is 4. The van der Waals surface area contributed by atoms with Gasteiger partial charge in [-0.05, 0) is 42.8 Å². The van der Waals surface area contributed by atoms with Crippen LogP contribution in [0.3, 0.4) is 0 Å². The van der Waals surface area contributed by atoms with E-state index in [4.69, 9.17) is 4.74 Å². The number of rotatable bonds is 7. The van der Waals surface area contributed by atoms with Crippen LogP contribution in [0.4, 0.5) is 23.7 Å². The summed E-state index contributed by atoms with van der Waals surface area (Å²) in [6, 6.07) is 10.6. The molecule has 6 nitrogen and oxygen atoms in total. The monoisotopic (exact) mass is 418 g/mol. The van der Waals surface area contributed by atoms with Crippen LogP contribution in [0, 0.1) is 0 Å². The van der Waals surface area contributed by atoms with Crippen LogP contribution in [0.5, 0.6) is 5.88 Å². The van der Waals surface area contributed by atoms with Crippen molar-refractivity contribution in [3.63, 3.8) is 0 Å². The maximum Gasteiger partial charge on any atom is 0.433 e. The van der Waals surface area contributed by atoms with Crippen LogP contribution in [0.15, 0.2) is 48.7 Å². The Hall–Kier alpha value is -3.36. The van der Waals surface area contributed by atoms with Crippen LogP contribution in [-0.4, -0.2) is 22.6 Å². The van der Waals surface area contributed by atoms with Crippen molar-refractivity contribution < 1.29 is 22.7 Å². The number of urea groups is 1. The van der Waals surface area contributed by atoms with Crippen molar-refractivity contribution in [2.75, 3.05) is 11.9 Å². The van der Waals surface area contributed by atoms with E-state index in [9.17, 15) is 18.0 Å². The molecular weight excluding hydrogens is 397 g/mol. The number of pyridine rings is 2. The summed E-state index contributed by atoms with van der Waals surface area (Å²) in [7, 11) is 0. The number of hydrogen-bond donors (Lipinski definition) is 2. The summed E-state index contributed by atoms with van der Waals surface area (Å²) in [5, 5.41) is 6.13. The Kier molecular flexibility index (Phi) is 6.71. The lowest BCUT2D eigenvalue weighted by atomic mass is 10.2. The van der Waals surface area contributed by atoms with Gasteiger partial charge >= 0.3 is 12.2 Å². The van der Waals surface area contributed by atoms with Gasteiger partial charge in [0.25, 0.3) is 0 Å². The highest BCUT2D eigenvalue weighted by Crippen LogP contribution is 2.30. The smallest absolute Gasteiger partial charge is 0.433 e. The standard InChI is InChI=1S/C21H21F3N4O2/c1-2-3-12-30-19-14(9-10-18(28-19)21(22,23)24)13-26-20(29)27-17-8-4-7-16-15(17)6-5-11-25-16/h4-11H,2-3,12-13H2,1H3,(H2,26,27,29). The predicted molar refractivity (Wildman–Crippen MR) is 107 cm³/mol. The first-order chi connectivity index (χ1) is 14.4. The molecular formula is C21H21F3N4O2. The lowest BCUT2D eigenvalue weighted by molar-refractivity contribution is -0.141. The van der Waals surface area contributed by atoms with Gasteiger partial charge in [-0.3, -0.25) is 4.98 Å². The molecule has 0 fully saturated rings. The van der Waals surface area contributed by atoms with Gasteiger partial charge in [0.1, 0.15) is 5.69 Å². The average Bonchev–Trinajstić information content (AvgIpc) is 2.72.